The molecule has 24 heavy (non-hydrogen) atoms. The van der Waals surface area contributed by atoms with Gasteiger partial charge in [-0.1, -0.05) is 31.2 Å². The maximum absolute atomic E-state index is 12.2. The Balaban J connectivity index is 1.66. The van der Waals surface area contributed by atoms with E-state index in [0.717, 1.165) is 23.6 Å². The number of piperidine rings is 1. The lowest BCUT2D eigenvalue weighted by Crippen LogP contribution is -2.41. The second-order valence-corrected chi connectivity index (χ2v) is 6.38. The molecule has 0 aromatic heterocycles. The van der Waals surface area contributed by atoms with Crippen LogP contribution in [-0.2, 0) is 9.53 Å². The van der Waals surface area contributed by atoms with Crippen LogP contribution in [0.5, 0.6) is 5.75 Å². The highest BCUT2D eigenvalue weighted by atomic mass is 16.5. The van der Waals surface area contributed by atoms with Gasteiger partial charge in [0.2, 0.25) is 0 Å². The SMILES string of the molecule is CC1CCCN(C(=O)COC(=O)c2cc3ccccc3cc2O)C1. The third kappa shape index (κ3) is 3.50. The molecule has 1 atom stereocenters. The number of carbonyl (C=O) groups is 2. The van der Waals surface area contributed by atoms with Crippen LogP contribution in [0.4, 0.5) is 0 Å². The zero-order valence-corrected chi connectivity index (χ0v) is 13.7. The molecule has 1 N–H and O–H groups in total. The summed E-state index contributed by atoms with van der Waals surface area (Å²) in [4.78, 5) is 26.1. The number of likely N-dealkylation sites (tertiary alicyclic amines) is 1. The first-order chi connectivity index (χ1) is 11.5. The number of fused-ring (bicyclic) bond motifs is 1. The van der Waals surface area contributed by atoms with E-state index in [4.69, 9.17) is 4.74 Å². The van der Waals surface area contributed by atoms with Crippen LogP contribution in [0.1, 0.15) is 30.1 Å². The topological polar surface area (TPSA) is 66.8 Å². The average Bonchev–Trinajstić information content (AvgIpc) is 2.58. The second kappa shape index (κ2) is 6.91. The molecule has 1 heterocycles. The molecule has 0 radical (unpaired) electrons. The third-order valence-corrected chi connectivity index (χ3v) is 4.42. The Morgan fingerprint density at radius 3 is 2.67 bits per heavy atom. The lowest BCUT2D eigenvalue weighted by molar-refractivity contribution is -0.136. The molecule has 3 rings (SSSR count). The number of esters is 1. The van der Waals surface area contributed by atoms with Gasteiger partial charge in [0.05, 0.1) is 0 Å². The van der Waals surface area contributed by atoms with E-state index in [9.17, 15) is 14.7 Å². The lowest BCUT2D eigenvalue weighted by Gasteiger charge is -2.30. The summed E-state index contributed by atoms with van der Waals surface area (Å²) in [5, 5.41) is 11.7. The molecule has 1 fully saturated rings. The number of rotatable bonds is 3. The zero-order valence-electron chi connectivity index (χ0n) is 13.7. The number of nitrogens with zero attached hydrogens (tertiary/aromatic N) is 1. The quantitative estimate of drug-likeness (QED) is 0.880. The van der Waals surface area contributed by atoms with Gasteiger partial charge in [-0.25, -0.2) is 4.79 Å². The minimum atomic E-state index is -0.684. The molecule has 126 valence electrons. The number of phenolic OH excluding ortho intramolecular Hbond substituents is 1. The van der Waals surface area contributed by atoms with Gasteiger partial charge in [-0.05, 0) is 41.7 Å². The van der Waals surface area contributed by atoms with Crippen molar-refractivity contribution in [1.29, 1.82) is 0 Å². The molecule has 1 saturated heterocycles. The Morgan fingerprint density at radius 2 is 1.96 bits per heavy atom. The molecule has 0 aliphatic carbocycles. The number of ether oxygens (including phenoxy) is 1. The van der Waals surface area contributed by atoms with Crippen molar-refractivity contribution in [1.82, 2.24) is 4.90 Å². The molecule has 1 unspecified atom stereocenters. The summed E-state index contributed by atoms with van der Waals surface area (Å²) in [6.07, 6.45) is 2.10. The molecule has 1 aliphatic rings. The van der Waals surface area contributed by atoms with Crippen molar-refractivity contribution in [2.45, 2.75) is 19.8 Å². The fourth-order valence-electron chi connectivity index (χ4n) is 3.10. The van der Waals surface area contributed by atoms with Crippen LogP contribution in [0.3, 0.4) is 0 Å². The third-order valence-electron chi connectivity index (χ3n) is 4.42. The van der Waals surface area contributed by atoms with E-state index in [1.807, 2.05) is 24.3 Å². The van der Waals surface area contributed by atoms with Gasteiger partial charge >= 0.3 is 5.97 Å². The maximum atomic E-state index is 12.2. The standard InChI is InChI=1S/C19H21NO4/c1-13-5-4-8-20(11-13)18(22)12-24-19(23)16-9-14-6-2-3-7-15(14)10-17(16)21/h2-3,6-7,9-10,13,21H,4-5,8,11-12H2,1H3. The van der Waals surface area contributed by atoms with Crippen molar-refractivity contribution in [3.05, 3.63) is 42.0 Å². The molecule has 0 saturated carbocycles. The van der Waals surface area contributed by atoms with E-state index < -0.39 is 5.97 Å². The first-order valence-corrected chi connectivity index (χ1v) is 8.21. The van der Waals surface area contributed by atoms with Crippen molar-refractivity contribution >= 4 is 22.6 Å². The largest absolute Gasteiger partial charge is 0.507 e. The van der Waals surface area contributed by atoms with Crippen LogP contribution in [0.2, 0.25) is 0 Å². The molecule has 0 spiro atoms. The molecule has 2 aromatic rings. The van der Waals surface area contributed by atoms with E-state index in [2.05, 4.69) is 6.92 Å². The molecule has 1 aliphatic heterocycles. The molecule has 5 nitrogen and oxygen atoms in total. The first-order valence-electron chi connectivity index (χ1n) is 8.21. The van der Waals surface area contributed by atoms with Gasteiger partial charge in [0.1, 0.15) is 11.3 Å². The number of aromatic hydroxyl groups is 1. The highest BCUT2D eigenvalue weighted by Gasteiger charge is 2.22. The van der Waals surface area contributed by atoms with Crippen LogP contribution in [0.15, 0.2) is 36.4 Å². The Morgan fingerprint density at radius 1 is 1.25 bits per heavy atom. The minimum Gasteiger partial charge on any atom is -0.507 e. The summed E-state index contributed by atoms with van der Waals surface area (Å²) in [6.45, 7) is 3.23. The summed E-state index contributed by atoms with van der Waals surface area (Å²) >= 11 is 0. The van der Waals surface area contributed by atoms with Gasteiger partial charge in [0.15, 0.2) is 6.61 Å². The Kier molecular flexibility index (Phi) is 4.69. The fraction of sp³-hybridized carbons (Fsp3) is 0.368. The summed E-state index contributed by atoms with van der Waals surface area (Å²) in [5.74, 6) is -0.535. The highest BCUT2D eigenvalue weighted by Crippen LogP contribution is 2.25. The van der Waals surface area contributed by atoms with Gasteiger partial charge in [0.25, 0.3) is 5.91 Å². The number of benzene rings is 2. The van der Waals surface area contributed by atoms with Crippen molar-refractivity contribution in [3.63, 3.8) is 0 Å². The molecular formula is C19H21NO4. The van der Waals surface area contributed by atoms with E-state index in [0.29, 0.717) is 19.0 Å². The van der Waals surface area contributed by atoms with Crippen molar-refractivity contribution in [3.8, 4) is 5.75 Å². The predicted molar refractivity (Wildman–Crippen MR) is 90.9 cm³/mol. The van der Waals surface area contributed by atoms with Crippen LogP contribution in [0.25, 0.3) is 10.8 Å². The molecule has 0 bridgehead atoms. The highest BCUT2D eigenvalue weighted by molar-refractivity contribution is 5.99. The monoisotopic (exact) mass is 327 g/mol. The molecular weight excluding hydrogens is 306 g/mol. The summed E-state index contributed by atoms with van der Waals surface area (Å²) in [7, 11) is 0. The van der Waals surface area contributed by atoms with Crippen molar-refractivity contribution in [2.24, 2.45) is 5.92 Å². The minimum absolute atomic E-state index is 0.0773. The number of phenols is 1. The predicted octanol–water partition coefficient (Wildman–Crippen LogP) is 2.96. The lowest BCUT2D eigenvalue weighted by atomic mass is 10.0. The first kappa shape index (κ1) is 16.3. The number of carbonyl (C=O) groups excluding carboxylic acids is 2. The molecule has 2 aromatic carbocycles. The van der Waals surface area contributed by atoms with Crippen molar-refractivity contribution in [2.75, 3.05) is 19.7 Å². The molecule has 1 amide bonds. The van der Waals surface area contributed by atoms with Gasteiger partial charge in [0, 0.05) is 13.1 Å². The summed E-state index contributed by atoms with van der Waals surface area (Å²) in [5.41, 5.74) is 0.0773. The van der Waals surface area contributed by atoms with Gasteiger partial charge < -0.3 is 14.7 Å². The number of hydrogen-bond donors (Lipinski definition) is 1. The van der Waals surface area contributed by atoms with Crippen molar-refractivity contribution < 1.29 is 19.4 Å². The Hall–Kier alpha value is -2.56. The van der Waals surface area contributed by atoms with Crippen LogP contribution < -0.4 is 0 Å². The van der Waals surface area contributed by atoms with Gasteiger partial charge in [-0.3, -0.25) is 4.79 Å². The number of hydrogen-bond acceptors (Lipinski definition) is 4. The average molecular weight is 327 g/mol. The van der Waals surface area contributed by atoms with Gasteiger partial charge in [-0.15, -0.1) is 0 Å². The van der Waals surface area contributed by atoms with E-state index in [1.54, 1.807) is 11.0 Å². The smallest absolute Gasteiger partial charge is 0.342 e. The Bertz CT molecular complexity index is 771. The van der Waals surface area contributed by atoms with Crippen LogP contribution >= 0.6 is 0 Å². The van der Waals surface area contributed by atoms with Gasteiger partial charge in [-0.2, -0.15) is 0 Å². The second-order valence-electron chi connectivity index (χ2n) is 6.38. The van der Waals surface area contributed by atoms with E-state index in [-0.39, 0.29) is 23.8 Å². The van der Waals surface area contributed by atoms with E-state index >= 15 is 0 Å². The summed E-state index contributed by atoms with van der Waals surface area (Å²) in [6, 6.07) is 10.5. The van der Waals surface area contributed by atoms with Crippen LogP contribution in [-0.4, -0.2) is 41.6 Å². The molecule has 5 heteroatoms. The fourth-order valence-corrected chi connectivity index (χ4v) is 3.10. The van der Waals surface area contributed by atoms with Crippen LogP contribution in [0, 0.1) is 5.92 Å². The zero-order chi connectivity index (χ0) is 17.1. The maximum Gasteiger partial charge on any atom is 0.342 e. The Labute approximate surface area is 140 Å². The summed E-state index contributed by atoms with van der Waals surface area (Å²) < 4.78 is 5.12. The number of amides is 1. The van der Waals surface area contributed by atoms with E-state index in [1.165, 1.54) is 6.07 Å². The normalized spacial score (nSPS) is 17.7.